The predicted octanol–water partition coefficient (Wildman–Crippen LogP) is 5.01. The van der Waals surface area contributed by atoms with Gasteiger partial charge in [0, 0.05) is 24.5 Å². The molecule has 0 saturated heterocycles. The lowest BCUT2D eigenvalue weighted by Crippen LogP contribution is -2.13. The Morgan fingerprint density at radius 3 is 2.04 bits per heavy atom. The van der Waals surface area contributed by atoms with E-state index in [0.29, 0.717) is 0 Å². The number of unbranched alkanes of at least 4 members (excludes halogenated alkanes) is 1. The second-order valence-corrected chi connectivity index (χ2v) is 5.96. The maximum Gasteiger partial charge on any atom is 0.119 e. The van der Waals surface area contributed by atoms with Crippen LogP contribution < -0.4 is 15.4 Å². The van der Waals surface area contributed by atoms with Crippen molar-refractivity contribution in [3.05, 3.63) is 53.6 Å². The summed E-state index contributed by atoms with van der Waals surface area (Å²) >= 11 is 0. The first-order valence-corrected chi connectivity index (χ1v) is 8.46. The van der Waals surface area contributed by atoms with Crippen molar-refractivity contribution in [1.29, 1.82) is 0 Å². The maximum absolute atomic E-state index is 5.67. The van der Waals surface area contributed by atoms with Crippen LogP contribution in [0.4, 0.5) is 11.4 Å². The second kappa shape index (κ2) is 9.09. The SMILES string of the molecule is CCCCOc1ccc(NCCNc2cc(C)cc(C)c2)cc1. The van der Waals surface area contributed by atoms with E-state index in [1.54, 1.807) is 0 Å². The number of nitrogens with one attached hydrogen (secondary N) is 2. The van der Waals surface area contributed by atoms with Gasteiger partial charge in [-0.3, -0.25) is 0 Å². The van der Waals surface area contributed by atoms with Crippen LogP contribution >= 0.6 is 0 Å². The molecule has 0 atom stereocenters. The van der Waals surface area contributed by atoms with Crippen LogP contribution in [0.25, 0.3) is 0 Å². The molecule has 0 aliphatic carbocycles. The van der Waals surface area contributed by atoms with E-state index in [0.717, 1.165) is 44.0 Å². The van der Waals surface area contributed by atoms with Gasteiger partial charge >= 0.3 is 0 Å². The number of hydrogen-bond acceptors (Lipinski definition) is 3. The largest absolute Gasteiger partial charge is 0.494 e. The summed E-state index contributed by atoms with van der Waals surface area (Å²) in [4.78, 5) is 0. The number of rotatable bonds is 9. The summed E-state index contributed by atoms with van der Waals surface area (Å²) in [5.74, 6) is 0.942. The van der Waals surface area contributed by atoms with Crippen LogP contribution in [-0.2, 0) is 0 Å². The standard InChI is InChI=1S/C20H28N2O/c1-4-5-12-23-20-8-6-18(7-9-20)21-10-11-22-19-14-16(2)13-17(3)15-19/h6-9,13-15,21-22H,4-5,10-12H2,1-3H3. The van der Waals surface area contributed by atoms with Gasteiger partial charge in [0.1, 0.15) is 5.75 Å². The van der Waals surface area contributed by atoms with Crippen molar-refractivity contribution >= 4 is 11.4 Å². The average Bonchev–Trinajstić information content (AvgIpc) is 2.52. The molecule has 0 heterocycles. The van der Waals surface area contributed by atoms with Crippen LogP contribution in [0.3, 0.4) is 0 Å². The van der Waals surface area contributed by atoms with Crippen molar-refractivity contribution in [1.82, 2.24) is 0 Å². The smallest absolute Gasteiger partial charge is 0.119 e. The van der Waals surface area contributed by atoms with Gasteiger partial charge in [0.05, 0.1) is 6.61 Å². The van der Waals surface area contributed by atoms with Crippen LogP contribution in [0.1, 0.15) is 30.9 Å². The first-order chi connectivity index (χ1) is 11.2. The lowest BCUT2D eigenvalue weighted by Gasteiger charge is -2.11. The van der Waals surface area contributed by atoms with Crippen LogP contribution in [0.5, 0.6) is 5.75 Å². The van der Waals surface area contributed by atoms with Gasteiger partial charge < -0.3 is 15.4 Å². The van der Waals surface area contributed by atoms with Crippen LogP contribution in [0.15, 0.2) is 42.5 Å². The Labute approximate surface area is 140 Å². The highest BCUT2D eigenvalue weighted by atomic mass is 16.5. The number of aryl methyl sites for hydroxylation is 2. The van der Waals surface area contributed by atoms with E-state index in [4.69, 9.17) is 4.74 Å². The van der Waals surface area contributed by atoms with Gasteiger partial charge in [-0.2, -0.15) is 0 Å². The molecule has 23 heavy (non-hydrogen) atoms. The third-order valence-corrected chi connectivity index (χ3v) is 3.63. The van der Waals surface area contributed by atoms with Crippen molar-refractivity contribution < 1.29 is 4.74 Å². The lowest BCUT2D eigenvalue weighted by molar-refractivity contribution is 0.309. The molecule has 0 radical (unpaired) electrons. The second-order valence-electron chi connectivity index (χ2n) is 5.96. The molecule has 0 aliphatic heterocycles. The first-order valence-electron chi connectivity index (χ1n) is 8.46. The number of benzene rings is 2. The molecule has 0 aliphatic rings. The Kier molecular flexibility index (Phi) is 6.79. The Balaban J connectivity index is 1.71. The molecular weight excluding hydrogens is 284 g/mol. The Morgan fingerprint density at radius 1 is 0.826 bits per heavy atom. The van der Waals surface area contributed by atoms with E-state index >= 15 is 0 Å². The summed E-state index contributed by atoms with van der Waals surface area (Å²) in [5, 5.41) is 6.88. The summed E-state index contributed by atoms with van der Waals surface area (Å²) in [6.45, 7) is 8.98. The summed E-state index contributed by atoms with van der Waals surface area (Å²) in [6, 6.07) is 14.7. The summed E-state index contributed by atoms with van der Waals surface area (Å²) in [6.07, 6.45) is 2.26. The summed E-state index contributed by atoms with van der Waals surface area (Å²) in [5.41, 5.74) is 4.89. The zero-order valence-corrected chi connectivity index (χ0v) is 14.5. The minimum Gasteiger partial charge on any atom is -0.494 e. The molecule has 2 aromatic carbocycles. The molecule has 0 spiro atoms. The Bertz CT molecular complexity index is 573. The molecule has 3 nitrogen and oxygen atoms in total. The van der Waals surface area contributed by atoms with Crippen molar-refractivity contribution in [3.8, 4) is 5.75 Å². The predicted molar refractivity (Wildman–Crippen MR) is 99.7 cm³/mol. The minimum absolute atomic E-state index is 0.795. The van der Waals surface area contributed by atoms with Crippen molar-refractivity contribution in [2.24, 2.45) is 0 Å². The first kappa shape index (κ1) is 17.2. The van der Waals surface area contributed by atoms with Crippen LogP contribution in [0.2, 0.25) is 0 Å². The lowest BCUT2D eigenvalue weighted by atomic mass is 10.1. The van der Waals surface area contributed by atoms with E-state index < -0.39 is 0 Å². The van der Waals surface area contributed by atoms with Crippen LogP contribution in [0, 0.1) is 13.8 Å². The highest BCUT2D eigenvalue weighted by Gasteiger charge is 1.97. The highest BCUT2D eigenvalue weighted by molar-refractivity contribution is 5.49. The quantitative estimate of drug-likeness (QED) is 0.639. The zero-order valence-electron chi connectivity index (χ0n) is 14.5. The van der Waals surface area contributed by atoms with Crippen molar-refractivity contribution in [2.45, 2.75) is 33.6 Å². The molecule has 2 N–H and O–H groups in total. The van der Waals surface area contributed by atoms with Crippen molar-refractivity contribution in [2.75, 3.05) is 30.3 Å². The monoisotopic (exact) mass is 312 g/mol. The fourth-order valence-electron chi connectivity index (χ4n) is 2.49. The third-order valence-electron chi connectivity index (χ3n) is 3.63. The fourth-order valence-corrected chi connectivity index (χ4v) is 2.49. The van der Waals surface area contributed by atoms with E-state index in [1.165, 1.54) is 16.8 Å². The Hall–Kier alpha value is -2.16. The number of anilines is 2. The van der Waals surface area contributed by atoms with Gasteiger partial charge in [0.15, 0.2) is 0 Å². The van der Waals surface area contributed by atoms with Gasteiger partial charge in [-0.05, 0) is 67.8 Å². The minimum atomic E-state index is 0.795. The van der Waals surface area contributed by atoms with Gasteiger partial charge in [0.25, 0.3) is 0 Å². The molecule has 0 bridgehead atoms. The van der Waals surface area contributed by atoms with E-state index in [-0.39, 0.29) is 0 Å². The van der Waals surface area contributed by atoms with E-state index in [9.17, 15) is 0 Å². The number of ether oxygens (including phenoxy) is 1. The van der Waals surface area contributed by atoms with Crippen molar-refractivity contribution in [3.63, 3.8) is 0 Å². The molecule has 0 aromatic heterocycles. The normalized spacial score (nSPS) is 10.4. The molecule has 3 heteroatoms. The van der Waals surface area contributed by atoms with Crippen LogP contribution in [-0.4, -0.2) is 19.7 Å². The topological polar surface area (TPSA) is 33.3 Å². The average molecular weight is 312 g/mol. The molecule has 124 valence electrons. The number of hydrogen-bond donors (Lipinski definition) is 2. The third kappa shape index (κ3) is 6.23. The summed E-state index contributed by atoms with van der Waals surface area (Å²) in [7, 11) is 0. The fraction of sp³-hybridized carbons (Fsp3) is 0.400. The van der Waals surface area contributed by atoms with E-state index in [2.05, 4.69) is 61.7 Å². The summed E-state index contributed by atoms with van der Waals surface area (Å²) < 4.78 is 5.67. The Morgan fingerprint density at radius 2 is 1.43 bits per heavy atom. The zero-order chi connectivity index (χ0) is 16.5. The molecule has 0 fully saturated rings. The molecular formula is C20H28N2O. The van der Waals surface area contributed by atoms with Gasteiger partial charge in [-0.15, -0.1) is 0 Å². The molecule has 0 saturated carbocycles. The van der Waals surface area contributed by atoms with Gasteiger partial charge in [-0.25, -0.2) is 0 Å². The highest BCUT2D eigenvalue weighted by Crippen LogP contribution is 2.16. The maximum atomic E-state index is 5.67. The van der Waals surface area contributed by atoms with Gasteiger partial charge in [0.2, 0.25) is 0 Å². The molecule has 0 amide bonds. The molecule has 0 unspecified atom stereocenters. The molecule has 2 rings (SSSR count). The van der Waals surface area contributed by atoms with E-state index in [1.807, 2.05) is 12.1 Å². The van der Waals surface area contributed by atoms with Gasteiger partial charge in [-0.1, -0.05) is 19.4 Å². The molecule has 2 aromatic rings.